The molecular formula is C15H19F3N6O2S. The Kier molecular flexibility index (Phi) is 6.91. The first kappa shape index (κ1) is 20.8. The topological polar surface area (TPSA) is 92.2 Å². The second kappa shape index (κ2) is 8.95. The Morgan fingerprint density at radius 2 is 2.00 bits per heavy atom. The summed E-state index contributed by atoms with van der Waals surface area (Å²) in [6.07, 6.45) is -1.80. The first-order valence-electron chi connectivity index (χ1n) is 7.86. The number of carbonyl (C=O) groups excluding carboxylic acids is 2. The molecule has 2 heterocycles. The van der Waals surface area contributed by atoms with Gasteiger partial charge in [-0.3, -0.25) is 25.3 Å². The largest absolute Gasteiger partial charge is 0.406 e. The zero-order chi connectivity index (χ0) is 20.0. The maximum atomic E-state index is 12.5. The van der Waals surface area contributed by atoms with Gasteiger partial charge in [-0.05, 0) is 14.0 Å². The van der Waals surface area contributed by atoms with Gasteiger partial charge in [-0.1, -0.05) is 0 Å². The molecule has 27 heavy (non-hydrogen) atoms. The highest BCUT2D eigenvalue weighted by Crippen LogP contribution is 2.18. The summed E-state index contributed by atoms with van der Waals surface area (Å²) in [4.78, 5) is 33.1. The molecular weight excluding hydrogens is 385 g/mol. The van der Waals surface area contributed by atoms with E-state index in [9.17, 15) is 22.8 Å². The van der Waals surface area contributed by atoms with E-state index < -0.39 is 24.5 Å². The molecule has 0 unspecified atom stereocenters. The predicted octanol–water partition coefficient (Wildman–Crippen LogP) is 1.03. The second-order valence-electron chi connectivity index (χ2n) is 5.91. The van der Waals surface area contributed by atoms with E-state index >= 15 is 0 Å². The van der Waals surface area contributed by atoms with Crippen LogP contribution in [0.4, 0.5) is 13.2 Å². The van der Waals surface area contributed by atoms with Crippen LogP contribution < -0.4 is 10.9 Å². The summed E-state index contributed by atoms with van der Waals surface area (Å²) in [6.45, 7) is 0.586. The van der Waals surface area contributed by atoms with Crippen LogP contribution in [0, 0.1) is 6.92 Å². The Morgan fingerprint density at radius 3 is 2.63 bits per heavy atom. The van der Waals surface area contributed by atoms with E-state index in [2.05, 4.69) is 20.8 Å². The monoisotopic (exact) mass is 404 g/mol. The molecule has 0 saturated heterocycles. The Morgan fingerprint density at radius 1 is 1.30 bits per heavy atom. The fourth-order valence-corrected chi connectivity index (χ4v) is 2.99. The van der Waals surface area contributed by atoms with Gasteiger partial charge in [-0.25, -0.2) is 9.97 Å². The highest BCUT2D eigenvalue weighted by molar-refractivity contribution is 7.09. The van der Waals surface area contributed by atoms with Gasteiger partial charge in [0.05, 0.1) is 19.5 Å². The SMILES string of the molecule is Cc1csc(CC(=O)NNC(=O)CN(C)Cc2nccn2CC(F)(F)F)n1. The number of thiazole rings is 1. The number of imidazole rings is 1. The van der Waals surface area contributed by atoms with Crippen molar-refractivity contribution >= 4 is 23.2 Å². The third kappa shape index (κ3) is 7.35. The maximum absolute atomic E-state index is 12.5. The van der Waals surface area contributed by atoms with Gasteiger partial charge in [-0.2, -0.15) is 13.2 Å². The number of amides is 2. The first-order chi connectivity index (χ1) is 12.6. The van der Waals surface area contributed by atoms with Gasteiger partial charge >= 0.3 is 6.18 Å². The number of likely N-dealkylation sites (N-methyl/N-ethyl adjacent to an activating group) is 1. The van der Waals surface area contributed by atoms with Crippen molar-refractivity contribution in [2.45, 2.75) is 32.6 Å². The maximum Gasteiger partial charge on any atom is 0.406 e. The third-order valence-electron chi connectivity index (χ3n) is 3.30. The molecule has 2 rings (SSSR count). The minimum absolute atomic E-state index is 0.0445. The van der Waals surface area contributed by atoms with Crippen LogP contribution in [0.3, 0.4) is 0 Å². The molecule has 0 atom stereocenters. The molecule has 0 fully saturated rings. The van der Waals surface area contributed by atoms with Crippen molar-refractivity contribution in [2.24, 2.45) is 0 Å². The van der Waals surface area contributed by atoms with E-state index in [0.717, 1.165) is 10.3 Å². The number of hydrogen-bond acceptors (Lipinski definition) is 6. The minimum atomic E-state index is -4.36. The van der Waals surface area contributed by atoms with Crippen LogP contribution in [-0.4, -0.2) is 51.0 Å². The average Bonchev–Trinajstić information content (AvgIpc) is 3.13. The number of nitrogens with zero attached hydrogens (tertiary/aromatic N) is 4. The van der Waals surface area contributed by atoms with Crippen LogP contribution in [0.25, 0.3) is 0 Å². The smallest absolute Gasteiger partial charge is 0.325 e. The van der Waals surface area contributed by atoms with Crippen LogP contribution >= 0.6 is 11.3 Å². The zero-order valence-corrected chi connectivity index (χ0v) is 15.5. The fourth-order valence-electron chi connectivity index (χ4n) is 2.22. The van der Waals surface area contributed by atoms with Crippen molar-refractivity contribution in [3.8, 4) is 0 Å². The Bertz CT molecular complexity index is 789. The lowest BCUT2D eigenvalue weighted by atomic mass is 10.4. The lowest BCUT2D eigenvalue weighted by Crippen LogP contribution is -2.46. The van der Waals surface area contributed by atoms with Gasteiger partial charge in [-0.15, -0.1) is 11.3 Å². The number of nitrogens with one attached hydrogen (secondary N) is 2. The van der Waals surface area contributed by atoms with E-state index in [0.29, 0.717) is 5.01 Å². The summed E-state index contributed by atoms with van der Waals surface area (Å²) in [5.74, 6) is -0.734. The van der Waals surface area contributed by atoms with Crippen molar-refractivity contribution in [2.75, 3.05) is 13.6 Å². The van der Waals surface area contributed by atoms with Crippen LogP contribution in [-0.2, 0) is 29.1 Å². The first-order valence-corrected chi connectivity index (χ1v) is 8.74. The molecule has 0 bridgehead atoms. The third-order valence-corrected chi connectivity index (χ3v) is 4.26. The summed E-state index contributed by atoms with van der Waals surface area (Å²) in [7, 11) is 1.56. The van der Waals surface area contributed by atoms with Crippen molar-refractivity contribution < 1.29 is 22.8 Å². The predicted molar refractivity (Wildman–Crippen MR) is 91.5 cm³/mol. The van der Waals surface area contributed by atoms with Crippen LogP contribution in [0.15, 0.2) is 17.8 Å². The molecule has 0 spiro atoms. The molecule has 0 saturated carbocycles. The number of hydrazine groups is 1. The standard InChI is InChI=1S/C15H19F3N6O2S/c1-10-8-27-14(20-10)5-12(25)21-22-13(26)7-23(2)6-11-19-3-4-24(11)9-15(16,17)18/h3-4,8H,5-7,9H2,1-2H3,(H,21,25)(H,22,26). The molecule has 2 N–H and O–H groups in total. The van der Waals surface area contributed by atoms with E-state index in [1.54, 1.807) is 7.05 Å². The highest BCUT2D eigenvalue weighted by atomic mass is 32.1. The molecule has 8 nitrogen and oxygen atoms in total. The fraction of sp³-hybridized carbons (Fsp3) is 0.467. The number of alkyl halides is 3. The van der Waals surface area contributed by atoms with Gasteiger partial charge in [0, 0.05) is 23.5 Å². The molecule has 0 aliphatic rings. The molecule has 0 radical (unpaired) electrons. The van der Waals surface area contributed by atoms with Crippen LogP contribution in [0.2, 0.25) is 0 Å². The highest BCUT2D eigenvalue weighted by Gasteiger charge is 2.29. The molecule has 0 aliphatic heterocycles. The lowest BCUT2D eigenvalue weighted by Gasteiger charge is -2.17. The van der Waals surface area contributed by atoms with Crippen LogP contribution in [0.5, 0.6) is 0 Å². The minimum Gasteiger partial charge on any atom is -0.325 e. The van der Waals surface area contributed by atoms with Gasteiger partial charge < -0.3 is 4.57 Å². The second-order valence-corrected chi connectivity index (χ2v) is 6.86. The summed E-state index contributed by atoms with van der Waals surface area (Å²) in [6, 6.07) is 0. The van der Waals surface area contributed by atoms with Crippen LogP contribution in [0.1, 0.15) is 16.5 Å². The number of carbonyl (C=O) groups is 2. The normalized spacial score (nSPS) is 11.6. The summed E-state index contributed by atoms with van der Waals surface area (Å²) >= 11 is 1.35. The lowest BCUT2D eigenvalue weighted by molar-refractivity contribution is -0.141. The van der Waals surface area contributed by atoms with E-state index in [1.165, 1.54) is 28.6 Å². The number of halogens is 3. The molecule has 12 heteroatoms. The molecule has 2 amide bonds. The summed E-state index contributed by atoms with van der Waals surface area (Å²) in [5.41, 5.74) is 5.36. The zero-order valence-electron chi connectivity index (χ0n) is 14.7. The summed E-state index contributed by atoms with van der Waals surface area (Å²) in [5, 5.41) is 2.45. The molecule has 0 aromatic carbocycles. The van der Waals surface area contributed by atoms with E-state index in [-0.39, 0.29) is 25.3 Å². The number of hydrogen-bond donors (Lipinski definition) is 2. The number of aryl methyl sites for hydroxylation is 1. The van der Waals surface area contributed by atoms with Gasteiger partial charge in [0.15, 0.2) is 0 Å². The van der Waals surface area contributed by atoms with Gasteiger partial charge in [0.2, 0.25) is 5.91 Å². The van der Waals surface area contributed by atoms with Crippen molar-refractivity contribution in [1.29, 1.82) is 0 Å². The number of rotatable bonds is 7. The Balaban J connectivity index is 1.75. The number of aromatic nitrogens is 3. The molecule has 0 aliphatic carbocycles. The quantitative estimate of drug-likeness (QED) is 0.673. The Hall–Kier alpha value is -2.47. The molecule has 2 aromatic rings. The van der Waals surface area contributed by atoms with Crippen molar-refractivity contribution in [1.82, 2.24) is 30.3 Å². The van der Waals surface area contributed by atoms with Crippen molar-refractivity contribution in [3.05, 3.63) is 34.3 Å². The molecule has 2 aromatic heterocycles. The average molecular weight is 404 g/mol. The molecule has 148 valence electrons. The van der Waals surface area contributed by atoms with E-state index in [4.69, 9.17) is 0 Å². The van der Waals surface area contributed by atoms with Gasteiger partial charge in [0.25, 0.3) is 5.91 Å². The van der Waals surface area contributed by atoms with Crippen molar-refractivity contribution in [3.63, 3.8) is 0 Å². The Labute approximate surface area is 157 Å². The summed E-state index contributed by atoms with van der Waals surface area (Å²) < 4.78 is 38.5. The van der Waals surface area contributed by atoms with E-state index in [1.807, 2.05) is 12.3 Å². The van der Waals surface area contributed by atoms with Gasteiger partial charge in [0.1, 0.15) is 17.4 Å².